The van der Waals surface area contributed by atoms with Gasteiger partial charge < -0.3 is 14.6 Å². The summed E-state index contributed by atoms with van der Waals surface area (Å²) in [6.07, 6.45) is 0.598. The molecular weight excluding hydrogens is 441 g/mol. The Morgan fingerprint density at radius 1 is 1.12 bits per heavy atom. The predicted octanol–water partition coefficient (Wildman–Crippen LogP) is 3.02. The molecule has 1 aliphatic heterocycles. The molecule has 2 aromatic carbocycles. The van der Waals surface area contributed by atoms with E-state index in [0.29, 0.717) is 18.5 Å². The molecule has 0 spiro atoms. The molecular formula is C24H28FN5O2S. The lowest BCUT2D eigenvalue weighted by Gasteiger charge is -2.26. The van der Waals surface area contributed by atoms with Crippen molar-refractivity contribution in [2.45, 2.75) is 11.6 Å². The van der Waals surface area contributed by atoms with Gasteiger partial charge in [0, 0.05) is 51.0 Å². The van der Waals surface area contributed by atoms with Crippen molar-refractivity contribution >= 4 is 17.7 Å². The van der Waals surface area contributed by atoms with Crippen LogP contribution in [0.2, 0.25) is 0 Å². The lowest BCUT2D eigenvalue weighted by Crippen LogP contribution is -2.37. The smallest absolute Gasteiger partial charge is 0.251 e. The zero-order chi connectivity index (χ0) is 23.0. The molecule has 7 nitrogen and oxygen atoms in total. The van der Waals surface area contributed by atoms with Crippen molar-refractivity contribution in [3.05, 3.63) is 65.7 Å². The fraction of sp³-hybridized carbons (Fsp3) is 0.375. The summed E-state index contributed by atoms with van der Waals surface area (Å²) in [6.45, 7) is 5.05. The Bertz CT molecular complexity index is 1070. The molecule has 0 unspecified atom stereocenters. The van der Waals surface area contributed by atoms with Crippen molar-refractivity contribution in [1.82, 2.24) is 25.0 Å². The van der Waals surface area contributed by atoms with Gasteiger partial charge in [-0.15, -0.1) is 10.2 Å². The second-order valence-corrected chi connectivity index (χ2v) is 8.92. The van der Waals surface area contributed by atoms with Gasteiger partial charge in [0.15, 0.2) is 5.16 Å². The number of aromatic nitrogens is 3. The van der Waals surface area contributed by atoms with Crippen LogP contribution in [-0.4, -0.2) is 70.7 Å². The SMILES string of the molecule is Cn1c(CCNC(=O)c2ccc(-c3cccc(F)c3)cc2)nnc1SCCN1CCOCC1. The zero-order valence-corrected chi connectivity index (χ0v) is 19.5. The fourth-order valence-corrected chi connectivity index (χ4v) is 4.58. The van der Waals surface area contributed by atoms with Crippen LogP contribution in [0.3, 0.4) is 0 Å². The highest BCUT2D eigenvalue weighted by atomic mass is 32.2. The summed E-state index contributed by atoms with van der Waals surface area (Å²) in [5.41, 5.74) is 2.21. The largest absolute Gasteiger partial charge is 0.379 e. The van der Waals surface area contributed by atoms with Gasteiger partial charge in [-0.1, -0.05) is 36.0 Å². The van der Waals surface area contributed by atoms with Crippen LogP contribution in [-0.2, 0) is 18.2 Å². The van der Waals surface area contributed by atoms with Crippen LogP contribution in [0.4, 0.5) is 4.39 Å². The average Bonchev–Trinajstić information content (AvgIpc) is 3.19. The number of carbonyl (C=O) groups is 1. The number of benzene rings is 2. The summed E-state index contributed by atoms with van der Waals surface area (Å²) in [5.74, 6) is 1.36. The van der Waals surface area contributed by atoms with Crippen LogP contribution in [0.15, 0.2) is 53.7 Å². The highest BCUT2D eigenvalue weighted by Crippen LogP contribution is 2.20. The number of morpholine rings is 1. The quantitative estimate of drug-likeness (QED) is 0.486. The summed E-state index contributed by atoms with van der Waals surface area (Å²) < 4.78 is 20.8. The van der Waals surface area contributed by atoms with Gasteiger partial charge in [-0.05, 0) is 35.4 Å². The van der Waals surface area contributed by atoms with Crippen molar-refractivity contribution in [3.8, 4) is 11.1 Å². The molecule has 1 aromatic heterocycles. The normalized spacial score (nSPS) is 14.4. The fourth-order valence-electron chi connectivity index (χ4n) is 3.65. The first-order valence-corrected chi connectivity index (χ1v) is 12.0. The van der Waals surface area contributed by atoms with Crippen LogP contribution in [0.1, 0.15) is 16.2 Å². The van der Waals surface area contributed by atoms with Crippen molar-refractivity contribution in [2.24, 2.45) is 7.05 Å². The van der Waals surface area contributed by atoms with E-state index in [0.717, 1.165) is 60.7 Å². The minimum atomic E-state index is -0.281. The number of nitrogens with one attached hydrogen (secondary N) is 1. The third-order valence-electron chi connectivity index (χ3n) is 5.61. The third-order valence-corrected chi connectivity index (χ3v) is 6.61. The van der Waals surface area contributed by atoms with Crippen LogP contribution >= 0.6 is 11.8 Å². The summed E-state index contributed by atoms with van der Waals surface area (Å²) in [4.78, 5) is 14.9. The molecule has 4 rings (SSSR count). The lowest BCUT2D eigenvalue weighted by molar-refractivity contribution is 0.0410. The van der Waals surface area contributed by atoms with E-state index in [-0.39, 0.29) is 11.7 Å². The molecule has 0 radical (unpaired) electrons. The van der Waals surface area contributed by atoms with Gasteiger partial charge in [-0.25, -0.2) is 4.39 Å². The van der Waals surface area contributed by atoms with Crippen LogP contribution < -0.4 is 5.32 Å². The van der Waals surface area contributed by atoms with E-state index in [1.807, 2.05) is 29.8 Å². The number of hydrogen-bond donors (Lipinski definition) is 1. The Morgan fingerprint density at radius 2 is 1.91 bits per heavy atom. The molecule has 174 valence electrons. The first-order chi connectivity index (χ1) is 16.1. The molecule has 33 heavy (non-hydrogen) atoms. The van der Waals surface area contributed by atoms with E-state index in [4.69, 9.17) is 4.74 Å². The molecule has 1 amide bonds. The topological polar surface area (TPSA) is 72.3 Å². The maximum atomic E-state index is 13.4. The first-order valence-electron chi connectivity index (χ1n) is 11.1. The van der Waals surface area contributed by atoms with Crippen molar-refractivity contribution in [1.29, 1.82) is 0 Å². The summed E-state index contributed by atoms with van der Waals surface area (Å²) >= 11 is 1.69. The third kappa shape index (κ3) is 6.40. The highest BCUT2D eigenvalue weighted by Gasteiger charge is 2.13. The minimum absolute atomic E-state index is 0.150. The second kappa shape index (κ2) is 11.4. The van der Waals surface area contributed by atoms with Gasteiger partial charge in [0.2, 0.25) is 0 Å². The Hall–Kier alpha value is -2.75. The first kappa shape index (κ1) is 23.4. The molecule has 1 saturated heterocycles. The molecule has 1 N–H and O–H groups in total. The number of rotatable bonds is 9. The minimum Gasteiger partial charge on any atom is -0.379 e. The Morgan fingerprint density at radius 3 is 2.67 bits per heavy atom. The lowest BCUT2D eigenvalue weighted by atomic mass is 10.0. The Balaban J connectivity index is 1.23. The van der Waals surface area contributed by atoms with E-state index in [2.05, 4.69) is 20.4 Å². The monoisotopic (exact) mass is 469 g/mol. The molecule has 0 saturated carbocycles. The number of halogens is 1. The van der Waals surface area contributed by atoms with E-state index in [1.54, 1.807) is 30.0 Å². The number of ether oxygens (including phenoxy) is 1. The number of amides is 1. The van der Waals surface area contributed by atoms with E-state index in [9.17, 15) is 9.18 Å². The number of carbonyl (C=O) groups excluding carboxylic acids is 1. The van der Waals surface area contributed by atoms with Crippen LogP contribution in [0.5, 0.6) is 0 Å². The van der Waals surface area contributed by atoms with Crippen LogP contribution in [0.25, 0.3) is 11.1 Å². The molecule has 0 atom stereocenters. The summed E-state index contributed by atoms with van der Waals surface area (Å²) in [5, 5.41) is 12.4. The van der Waals surface area contributed by atoms with Gasteiger partial charge in [0.05, 0.1) is 13.2 Å². The van der Waals surface area contributed by atoms with Gasteiger partial charge in [-0.3, -0.25) is 9.69 Å². The number of nitrogens with zero attached hydrogens (tertiary/aromatic N) is 4. The molecule has 0 bridgehead atoms. The average molecular weight is 470 g/mol. The molecule has 1 aliphatic rings. The van der Waals surface area contributed by atoms with Crippen molar-refractivity contribution < 1.29 is 13.9 Å². The maximum absolute atomic E-state index is 13.4. The predicted molar refractivity (Wildman–Crippen MR) is 127 cm³/mol. The molecule has 3 aromatic rings. The van der Waals surface area contributed by atoms with Gasteiger partial charge >= 0.3 is 0 Å². The molecule has 0 aliphatic carbocycles. The van der Waals surface area contributed by atoms with Crippen molar-refractivity contribution in [2.75, 3.05) is 45.1 Å². The van der Waals surface area contributed by atoms with Crippen LogP contribution in [0, 0.1) is 5.82 Å². The van der Waals surface area contributed by atoms with E-state index >= 15 is 0 Å². The zero-order valence-electron chi connectivity index (χ0n) is 18.7. The number of hydrogen-bond acceptors (Lipinski definition) is 6. The second-order valence-electron chi connectivity index (χ2n) is 7.85. The van der Waals surface area contributed by atoms with E-state index < -0.39 is 0 Å². The summed E-state index contributed by atoms with van der Waals surface area (Å²) in [7, 11) is 1.96. The highest BCUT2D eigenvalue weighted by molar-refractivity contribution is 7.99. The molecule has 2 heterocycles. The van der Waals surface area contributed by atoms with Gasteiger partial charge in [0.25, 0.3) is 5.91 Å². The Kier molecular flexibility index (Phi) is 8.09. The maximum Gasteiger partial charge on any atom is 0.251 e. The standard InChI is InChI=1S/C24H28FN5O2S/c1-29-22(27-28-24(29)33-16-13-30-11-14-32-15-12-30)9-10-26-23(31)19-7-5-18(6-8-19)20-3-2-4-21(25)17-20/h2-8,17H,9-16H2,1H3,(H,26,31). The Labute approximate surface area is 197 Å². The molecule has 9 heteroatoms. The molecule has 1 fully saturated rings. The number of thioether (sulfide) groups is 1. The van der Waals surface area contributed by atoms with Crippen molar-refractivity contribution in [3.63, 3.8) is 0 Å². The van der Waals surface area contributed by atoms with Gasteiger partial charge in [-0.2, -0.15) is 0 Å². The van der Waals surface area contributed by atoms with Gasteiger partial charge in [0.1, 0.15) is 11.6 Å². The summed E-state index contributed by atoms with van der Waals surface area (Å²) in [6, 6.07) is 13.6. The van der Waals surface area contributed by atoms with E-state index in [1.165, 1.54) is 12.1 Å².